The molecule has 7 nitrogen and oxygen atoms in total. The van der Waals surface area contributed by atoms with E-state index >= 15 is 0 Å². The third-order valence-electron chi connectivity index (χ3n) is 2.79. The summed E-state index contributed by atoms with van der Waals surface area (Å²) >= 11 is 1.35. The van der Waals surface area contributed by atoms with E-state index in [9.17, 15) is 4.79 Å². The number of anilines is 1. The van der Waals surface area contributed by atoms with Gasteiger partial charge in [0.15, 0.2) is 5.82 Å². The lowest BCUT2D eigenvalue weighted by Crippen LogP contribution is -2.24. The fourth-order valence-electron chi connectivity index (χ4n) is 1.76. The number of aryl methyl sites for hydroxylation is 2. The molecule has 0 saturated carbocycles. The standard InChI is InChI=1S/C13H19N5O2S/c1-4-6-10-15-13(17-16-10)21-9(5-2)12(19)14-11-7-8(3)20-18-11/h7,9H,4-6H2,1-3H3,(H,14,18,19)(H,15,16,17)/t9-/m0/s1. The zero-order valence-corrected chi connectivity index (χ0v) is 13.2. The minimum absolute atomic E-state index is 0.127. The molecule has 21 heavy (non-hydrogen) atoms. The molecule has 2 aromatic rings. The second-order valence-corrected chi connectivity index (χ2v) is 5.81. The summed E-state index contributed by atoms with van der Waals surface area (Å²) in [5.74, 6) is 1.81. The smallest absolute Gasteiger partial charge is 0.239 e. The van der Waals surface area contributed by atoms with Gasteiger partial charge in [-0.05, 0) is 19.8 Å². The van der Waals surface area contributed by atoms with E-state index in [4.69, 9.17) is 4.52 Å². The molecule has 2 rings (SSSR count). The van der Waals surface area contributed by atoms with Crippen LogP contribution in [-0.4, -0.2) is 31.5 Å². The molecular formula is C13H19N5O2S. The third-order valence-corrected chi connectivity index (χ3v) is 4.01. The molecule has 0 spiro atoms. The number of H-pyrrole nitrogens is 1. The first-order valence-corrected chi connectivity index (χ1v) is 7.82. The van der Waals surface area contributed by atoms with Crippen molar-refractivity contribution in [2.75, 3.05) is 5.32 Å². The molecule has 0 aliphatic rings. The number of rotatable bonds is 7. The van der Waals surface area contributed by atoms with Crippen molar-refractivity contribution in [2.45, 2.75) is 50.4 Å². The molecule has 2 heterocycles. The molecule has 0 bridgehead atoms. The Morgan fingerprint density at radius 2 is 2.33 bits per heavy atom. The zero-order valence-electron chi connectivity index (χ0n) is 12.3. The molecule has 0 unspecified atom stereocenters. The SMILES string of the molecule is CCCc1nc(S[C@@H](CC)C(=O)Nc2cc(C)on2)n[nH]1. The van der Waals surface area contributed by atoms with Gasteiger partial charge in [0.05, 0.1) is 5.25 Å². The highest BCUT2D eigenvalue weighted by Crippen LogP contribution is 2.23. The molecule has 0 radical (unpaired) electrons. The minimum atomic E-state index is -0.271. The number of nitrogens with zero attached hydrogens (tertiary/aromatic N) is 3. The summed E-state index contributed by atoms with van der Waals surface area (Å²) < 4.78 is 4.93. The van der Waals surface area contributed by atoms with Crippen LogP contribution in [0.4, 0.5) is 5.82 Å². The second-order valence-electron chi connectivity index (χ2n) is 4.64. The van der Waals surface area contributed by atoms with E-state index in [1.54, 1.807) is 13.0 Å². The van der Waals surface area contributed by atoms with Crippen molar-refractivity contribution in [3.8, 4) is 0 Å². The highest BCUT2D eigenvalue weighted by atomic mass is 32.2. The van der Waals surface area contributed by atoms with Crippen LogP contribution in [0.2, 0.25) is 0 Å². The zero-order chi connectivity index (χ0) is 15.2. The summed E-state index contributed by atoms with van der Waals surface area (Å²) in [5.41, 5.74) is 0. The third kappa shape index (κ3) is 4.32. The number of carbonyl (C=O) groups excluding carboxylic acids is 1. The largest absolute Gasteiger partial charge is 0.360 e. The van der Waals surface area contributed by atoms with Crippen LogP contribution in [0.3, 0.4) is 0 Å². The summed E-state index contributed by atoms with van der Waals surface area (Å²) in [6.07, 6.45) is 2.53. The van der Waals surface area contributed by atoms with Crippen LogP contribution in [0.1, 0.15) is 38.3 Å². The van der Waals surface area contributed by atoms with Crippen molar-refractivity contribution in [1.82, 2.24) is 20.3 Å². The molecule has 1 amide bonds. The van der Waals surface area contributed by atoms with E-state index < -0.39 is 0 Å². The van der Waals surface area contributed by atoms with Crippen molar-refractivity contribution in [3.63, 3.8) is 0 Å². The molecular weight excluding hydrogens is 290 g/mol. The van der Waals surface area contributed by atoms with Crippen LogP contribution in [0, 0.1) is 6.92 Å². The topological polar surface area (TPSA) is 96.7 Å². The predicted octanol–water partition coefficient (Wildman–Crippen LogP) is 2.56. The molecule has 0 aliphatic carbocycles. The van der Waals surface area contributed by atoms with E-state index in [1.807, 2.05) is 6.92 Å². The van der Waals surface area contributed by atoms with Gasteiger partial charge < -0.3 is 9.84 Å². The molecule has 0 saturated heterocycles. The summed E-state index contributed by atoms with van der Waals surface area (Å²) in [6.45, 7) is 5.81. The normalized spacial score (nSPS) is 12.3. The molecule has 8 heteroatoms. The van der Waals surface area contributed by atoms with E-state index in [2.05, 4.69) is 32.6 Å². The fourth-order valence-corrected chi connectivity index (χ4v) is 2.61. The van der Waals surface area contributed by atoms with E-state index in [1.165, 1.54) is 11.8 Å². The van der Waals surface area contributed by atoms with Gasteiger partial charge in [0.1, 0.15) is 11.6 Å². The Labute approximate surface area is 127 Å². The highest BCUT2D eigenvalue weighted by molar-refractivity contribution is 8.00. The van der Waals surface area contributed by atoms with Gasteiger partial charge in [0.2, 0.25) is 11.1 Å². The van der Waals surface area contributed by atoms with Gasteiger partial charge in [-0.1, -0.05) is 30.8 Å². The second kappa shape index (κ2) is 7.26. The van der Waals surface area contributed by atoms with Gasteiger partial charge in [-0.3, -0.25) is 9.89 Å². The lowest BCUT2D eigenvalue weighted by Gasteiger charge is -2.10. The number of hydrogen-bond acceptors (Lipinski definition) is 6. The van der Waals surface area contributed by atoms with Crippen molar-refractivity contribution < 1.29 is 9.32 Å². The Morgan fingerprint density at radius 1 is 1.52 bits per heavy atom. The number of carbonyl (C=O) groups is 1. The van der Waals surface area contributed by atoms with Crippen molar-refractivity contribution in [3.05, 3.63) is 17.7 Å². The van der Waals surface area contributed by atoms with Crippen LogP contribution in [0.15, 0.2) is 15.7 Å². The number of thioether (sulfide) groups is 1. The molecule has 2 N–H and O–H groups in total. The number of aromatic nitrogens is 4. The van der Waals surface area contributed by atoms with Crippen molar-refractivity contribution >= 4 is 23.5 Å². The number of aromatic amines is 1. The minimum Gasteiger partial charge on any atom is -0.360 e. The van der Waals surface area contributed by atoms with Crippen LogP contribution < -0.4 is 5.32 Å². The van der Waals surface area contributed by atoms with Gasteiger partial charge >= 0.3 is 0 Å². The lowest BCUT2D eigenvalue weighted by molar-refractivity contribution is -0.115. The summed E-state index contributed by atoms with van der Waals surface area (Å²) in [7, 11) is 0. The molecule has 114 valence electrons. The van der Waals surface area contributed by atoms with E-state index in [0.717, 1.165) is 18.7 Å². The molecule has 0 aromatic carbocycles. The maximum atomic E-state index is 12.2. The first-order valence-electron chi connectivity index (χ1n) is 6.94. The molecule has 0 aliphatic heterocycles. The Bertz CT molecular complexity index is 595. The molecule has 1 atom stereocenters. The maximum Gasteiger partial charge on any atom is 0.239 e. The van der Waals surface area contributed by atoms with E-state index in [0.29, 0.717) is 23.2 Å². The monoisotopic (exact) mass is 309 g/mol. The van der Waals surface area contributed by atoms with Crippen LogP contribution in [-0.2, 0) is 11.2 Å². The summed E-state index contributed by atoms with van der Waals surface area (Å²) in [6, 6.07) is 1.68. The van der Waals surface area contributed by atoms with Crippen LogP contribution in [0.5, 0.6) is 0 Å². The van der Waals surface area contributed by atoms with Gasteiger partial charge in [-0.15, -0.1) is 5.10 Å². The van der Waals surface area contributed by atoms with Gasteiger partial charge in [-0.25, -0.2) is 4.98 Å². The van der Waals surface area contributed by atoms with Crippen LogP contribution >= 0.6 is 11.8 Å². The first kappa shape index (κ1) is 15.6. The first-order chi connectivity index (χ1) is 10.1. The van der Waals surface area contributed by atoms with Crippen LogP contribution in [0.25, 0.3) is 0 Å². The number of hydrogen-bond donors (Lipinski definition) is 2. The van der Waals surface area contributed by atoms with Gasteiger partial charge in [-0.2, -0.15) is 0 Å². The Balaban J connectivity index is 1.96. The lowest BCUT2D eigenvalue weighted by atomic mass is 10.3. The Hall–Kier alpha value is -1.83. The van der Waals surface area contributed by atoms with Gasteiger partial charge in [0, 0.05) is 12.5 Å². The highest BCUT2D eigenvalue weighted by Gasteiger charge is 2.21. The van der Waals surface area contributed by atoms with Crippen molar-refractivity contribution in [2.24, 2.45) is 0 Å². The maximum absolute atomic E-state index is 12.2. The predicted molar refractivity (Wildman–Crippen MR) is 80.2 cm³/mol. The molecule has 0 fully saturated rings. The Morgan fingerprint density at radius 3 is 2.95 bits per heavy atom. The number of nitrogens with one attached hydrogen (secondary N) is 2. The summed E-state index contributed by atoms with van der Waals surface area (Å²) in [5, 5.41) is 13.8. The molecule has 2 aromatic heterocycles. The Kier molecular flexibility index (Phi) is 5.38. The summed E-state index contributed by atoms with van der Waals surface area (Å²) in [4.78, 5) is 16.6. The van der Waals surface area contributed by atoms with Gasteiger partial charge in [0.25, 0.3) is 0 Å². The number of amides is 1. The van der Waals surface area contributed by atoms with E-state index in [-0.39, 0.29) is 11.2 Å². The van der Waals surface area contributed by atoms with Crippen molar-refractivity contribution in [1.29, 1.82) is 0 Å². The quantitative estimate of drug-likeness (QED) is 0.763. The fraction of sp³-hybridized carbons (Fsp3) is 0.538. The average Bonchev–Trinajstić information content (AvgIpc) is 3.06. The average molecular weight is 309 g/mol.